The van der Waals surface area contributed by atoms with Crippen LogP contribution in [0.2, 0.25) is 0 Å². The molecule has 0 amide bonds. The number of para-hydroxylation sites is 1. The molecule has 0 aliphatic carbocycles. The summed E-state index contributed by atoms with van der Waals surface area (Å²) in [6.07, 6.45) is 1.47. The number of ether oxygens (including phenoxy) is 1. The molecule has 0 bridgehead atoms. The molecular formula is C15H13N3O2. The number of nitrogens with zero attached hydrogens (tertiary/aromatic N) is 2. The molecule has 1 aromatic carbocycles. The van der Waals surface area contributed by atoms with E-state index in [-0.39, 0.29) is 0 Å². The Morgan fingerprint density at radius 2 is 2.15 bits per heavy atom. The number of hydrogen-bond donors (Lipinski definition) is 1. The number of methoxy groups -OCH3 is 1. The first-order valence-electron chi connectivity index (χ1n) is 6.01. The molecule has 0 aliphatic heterocycles. The molecule has 5 nitrogen and oxygen atoms in total. The quantitative estimate of drug-likeness (QED) is 0.861. The van der Waals surface area contributed by atoms with Crippen LogP contribution in [-0.2, 0) is 11.3 Å². The van der Waals surface area contributed by atoms with Gasteiger partial charge in [-0.1, -0.05) is 12.1 Å². The van der Waals surface area contributed by atoms with Gasteiger partial charge in [0.2, 0.25) is 0 Å². The SMILES string of the molecule is COC(=O)c1ccc(CNc2ccccc2C#N)nc1. The number of nitrogens with one attached hydrogen (secondary N) is 1. The second-order valence-electron chi connectivity index (χ2n) is 4.04. The van der Waals surface area contributed by atoms with E-state index in [1.54, 1.807) is 18.2 Å². The zero-order valence-electron chi connectivity index (χ0n) is 11.0. The van der Waals surface area contributed by atoms with Gasteiger partial charge < -0.3 is 10.1 Å². The van der Waals surface area contributed by atoms with Crippen LogP contribution in [0.4, 0.5) is 5.69 Å². The van der Waals surface area contributed by atoms with Gasteiger partial charge in [-0.25, -0.2) is 4.79 Å². The molecule has 2 aromatic rings. The Labute approximate surface area is 116 Å². The maximum atomic E-state index is 11.3. The number of pyridine rings is 1. The molecule has 100 valence electrons. The number of nitriles is 1. The summed E-state index contributed by atoms with van der Waals surface area (Å²) in [6.45, 7) is 0.472. The zero-order chi connectivity index (χ0) is 14.4. The molecule has 0 saturated carbocycles. The van der Waals surface area contributed by atoms with Gasteiger partial charge in [-0.3, -0.25) is 4.98 Å². The topological polar surface area (TPSA) is 75.0 Å². The van der Waals surface area contributed by atoms with E-state index >= 15 is 0 Å². The van der Waals surface area contributed by atoms with E-state index in [0.717, 1.165) is 11.4 Å². The number of hydrogen-bond acceptors (Lipinski definition) is 5. The lowest BCUT2D eigenvalue weighted by Crippen LogP contribution is -2.06. The fourth-order valence-electron chi connectivity index (χ4n) is 1.69. The molecule has 0 unspecified atom stereocenters. The number of anilines is 1. The van der Waals surface area contributed by atoms with Gasteiger partial charge in [0.1, 0.15) is 6.07 Å². The Hall–Kier alpha value is -2.87. The van der Waals surface area contributed by atoms with Gasteiger partial charge in [-0.05, 0) is 24.3 Å². The van der Waals surface area contributed by atoms with Crippen molar-refractivity contribution >= 4 is 11.7 Å². The van der Waals surface area contributed by atoms with Crippen molar-refractivity contribution in [2.24, 2.45) is 0 Å². The monoisotopic (exact) mass is 267 g/mol. The lowest BCUT2D eigenvalue weighted by molar-refractivity contribution is 0.0600. The Morgan fingerprint density at radius 3 is 2.80 bits per heavy atom. The van der Waals surface area contributed by atoms with Crippen molar-refractivity contribution in [3.63, 3.8) is 0 Å². The van der Waals surface area contributed by atoms with Gasteiger partial charge in [0, 0.05) is 6.20 Å². The minimum atomic E-state index is -0.410. The van der Waals surface area contributed by atoms with Gasteiger partial charge in [0.15, 0.2) is 0 Å². The lowest BCUT2D eigenvalue weighted by Gasteiger charge is -2.07. The summed E-state index contributed by atoms with van der Waals surface area (Å²) in [7, 11) is 1.33. The number of esters is 1. The summed E-state index contributed by atoms with van der Waals surface area (Å²) in [5.41, 5.74) is 2.52. The first-order chi connectivity index (χ1) is 9.74. The minimum absolute atomic E-state index is 0.410. The number of rotatable bonds is 4. The number of aromatic nitrogens is 1. The zero-order valence-corrected chi connectivity index (χ0v) is 11.0. The summed E-state index contributed by atoms with van der Waals surface area (Å²) in [5.74, 6) is -0.410. The highest BCUT2D eigenvalue weighted by Gasteiger charge is 2.06. The molecular weight excluding hydrogens is 254 g/mol. The van der Waals surface area contributed by atoms with E-state index in [4.69, 9.17) is 5.26 Å². The molecule has 1 heterocycles. The minimum Gasteiger partial charge on any atom is -0.465 e. The first-order valence-corrected chi connectivity index (χ1v) is 6.01. The predicted octanol–water partition coefficient (Wildman–Crippen LogP) is 2.35. The Kier molecular flexibility index (Phi) is 4.30. The molecule has 0 spiro atoms. The van der Waals surface area contributed by atoms with Crippen LogP contribution >= 0.6 is 0 Å². The first kappa shape index (κ1) is 13.6. The van der Waals surface area contributed by atoms with Crippen LogP contribution in [0.15, 0.2) is 42.6 Å². The molecule has 5 heteroatoms. The largest absolute Gasteiger partial charge is 0.465 e. The van der Waals surface area contributed by atoms with Crippen molar-refractivity contribution in [3.8, 4) is 6.07 Å². The van der Waals surface area contributed by atoms with E-state index in [2.05, 4.69) is 21.1 Å². The third kappa shape index (κ3) is 3.12. The summed E-state index contributed by atoms with van der Waals surface area (Å²) in [4.78, 5) is 15.4. The average molecular weight is 267 g/mol. The molecule has 1 N–H and O–H groups in total. The van der Waals surface area contributed by atoms with Crippen molar-refractivity contribution in [1.29, 1.82) is 5.26 Å². The summed E-state index contributed by atoms with van der Waals surface area (Å²) in [6, 6.07) is 12.8. The van der Waals surface area contributed by atoms with Crippen LogP contribution < -0.4 is 5.32 Å². The third-order valence-corrected chi connectivity index (χ3v) is 2.75. The van der Waals surface area contributed by atoms with Gasteiger partial charge in [0.05, 0.1) is 36.2 Å². The highest BCUT2D eigenvalue weighted by molar-refractivity contribution is 5.88. The number of carbonyl (C=O) groups is 1. The van der Waals surface area contributed by atoms with E-state index in [1.807, 2.05) is 18.2 Å². The Morgan fingerprint density at radius 1 is 1.35 bits per heavy atom. The summed E-state index contributed by atoms with van der Waals surface area (Å²) >= 11 is 0. The molecule has 2 rings (SSSR count). The van der Waals surface area contributed by atoms with E-state index in [9.17, 15) is 4.79 Å². The van der Waals surface area contributed by atoms with Crippen LogP contribution in [0, 0.1) is 11.3 Å². The van der Waals surface area contributed by atoms with Crippen LogP contribution in [0.25, 0.3) is 0 Å². The maximum absolute atomic E-state index is 11.3. The smallest absolute Gasteiger partial charge is 0.339 e. The van der Waals surface area contributed by atoms with E-state index in [0.29, 0.717) is 17.7 Å². The average Bonchev–Trinajstić information content (AvgIpc) is 2.53. The molecule has 1 aromatic heterocycles. The predicted molar refractivity (Wildman–Crippen MR) is 74.1 cm³/mol. The normalized spacial score (nSPS) is 9.60. The Bertz CT molecular complexity index is 645. The number of carbonyl (C=O) groups excluding carboxylic acids is 1. The summed E-state index contributed by atoms with van der Waals surface area (Å²) in [5, 5.41) is 12.1. The third-order valence-electron chi connectivity index (χ3n) is 2.75. The standard InChI is InChI=1S/C15H13N3O2/c1-20-15(19)12-6-7-13(17-9-12)10-18-14-5-3-2-4-11(14)8-16/h2-7,9,18H,10H2,1H3. The van der Waals surface area contributed by atoms with Gasteiger partial charge in [0.25, 0.3) is 0 Å². The van der Waals surface area contributed by atoms with Crippen molar-refractivity contribution in [2.75, 3.05) is 12.4 Å². The van der Waals surface area contributed by atoms with Gasteiger partial charge in [-0.2, -0.15) is 5.26 Å². The molecule has 0 saturated heterocycles. The highest BCUT2D eigenvalue weighted by Crippen LogP contribution is 2.14. The van der Waals surface area contributed by atoms with Crippen molar-refractivity contribution < 1.29 is 9.53 Å². The van der Waals surface area contributed by atoms with Crippen LogP contribution in [0.3, 0.4) is 0 Å². The second-order valence-corrected chi connectivity index (χ2v) is 4.04. The van der Waals surface area contributed by atoms with Crippen molar-refractivity contribution in [2.45, 2.75) is 6.54 Å². The molecule has 0 atom stereocenters. The Balaban J connectivity index is 2.04. The van der Waals surface area contributed by atoms with Crippen LogP contribution in [0.5, 0.6) is 0 Å². The van der Waals surface area contributed by atoms with E-state index < -0.39 is 5.97 Å². The summed E-state index contributed by atoms with van der Waals surface area (Å²) < 4.78 is 4.61. The fraction of sp³-hybridized carbons (Fsp3) is 0.133. The van der Waals surface area contributed by atoms with Crippen LogP contribution in [-0.4, -0.2) is 18.1 Å². The number of benzene rings is 1. The molecule has 0 radical (unpaired) electrons. The molecule has 20 heavy (non-hydrogen) atoms. The van der Waals surface area contributed by atoms with E-state index in [1.165, 1.54) is 13.3 Å². The fourth-order valence-corrected chi connectivity index (χ4v) is 1.69. The lowest BCUT2D eigenvalue weighted by atomic mass is 10.2. The van der Waals surface area contributed by atoms with Gasteiger partial charge >= 0.3 is 5.97 Å². The molecule has 0 fully saturated rings. The molecule has 0 aliphatic rings. The maximum Gasteiger partial charge on any atom is 0.339 e. The highest BCUT2D eigenvalue weighted by atomic mass is 16.5. The van der Waals surface area contributed by atoms with Crippen molar-refractivity contribution in [1.82, 2.24) is 4.98 Å². The second kappa shape index (κ2) is 6.34. The van der Waals surface area contributed by atoms with Crippen LogP contribution in [0.1, 0.15) is 21.6 Å². The van der Waals surface area contributed by atoms with Gasteiger partial charge in [-0.15, -0.1) is 0 Å². The van der Waals surface area contributed by atoms with Crippen molar-refractivity contribution in [3.05, 3.63) is 59.4 Å².